The van der Waals surface area contributed by atoms with Crippen molar-refractivity contribution in [2.75, 3.05) is 0 Å². The van der Waals surface area contributed by atoms with E-state index in [0.29, 0.717) is 28.8 Å². The molecule has 2 rings (SSSR count). The summed E-state index contributed by atoms with van der Waals surface area (Å²) in [5, 5.41) is 0. The number of nitrogens with one attached hydrogen (secondary N) is 1. The maximum atomic E-state index is 12.4. The number of aromatic amines is 1. The van der Waals surface area contributed by atoms with E-state index in [0.717, 1.165) is 5.69 Å². The lowest BCUT2D eigenvalue weighted by Gasteiger charge is -2.04. The van der Waals surface area contributed by atoms with Crippen LogP contribution in [-0.2, 0) is 6.42 Å². The van der Waals surface area contributed by atoms with Gasteiger partial charge >= 0.3 is 0 Å². The second-order valence-corrected chi connectivity index (χ2v) is 5.68. The van der Waals surface area contributed by atoms with Gasteiger partial charge in [0.25, 0.3) is 0 Å². The van der Waals surface area contributed by atoms with E-state index in [2.05, 4.69) is 40.5 Å². The van der Waals surface area contributed by atoms with Gasteiger partial charge < -0.3 is 4.98 Å². The quantitative estimate of drug-likeness (QED) is 0.476. The Kier molecular flexibility index (Phi) is 5.95. The number of ketones is 1. The van der Waals surface area contributed by atoms with Gasteiger partial charge in [0.2, 0.25) is 0 Å². The first-order chi connectivity index (χ1) is 11.5. The van der Waals surface area contributed by atoms with E-state index in [4.69, 9.17) is 0 Å². The molecule has 5 nitrogen and oxygen atoms in total. The van der Waals surface area contributed by atoms with Gasteiger partial charge in [-0.1, -0.05) is 26.0 Å². The molecule has 0 amide bonds. The first-order valence-corrected chi connectivity index (χ1v) is 7.89. The van der Waals surface area contributed by atoms with Crippen LogP contribution in [0.4, 0.5) is 0 Å². The monoisotopic (exact) mass is 322 g/mol. The highest BCUT2D eigenvalue weighted by atomic mass is 16.1. The van der Waals surface area contributed by atoms with Crippen molar-refractivity contribution in [3.63, 3.8) is 0 Å². The number of nitrogens with zero attached hydrogens (tertiary/aromatic N) is 3. The van der Waals surface area contributed by atoms with Gasteiger partial charge in [0.15, 0.2) is 5.78 Å². The van der Waals surface area contributed by atoms with Crippen LogP contribution in [0.15, 0.2) is 47.6 Å². The van der Waals surface area contributed by atoms with Crippen LogP contribution in [0.1, 0.15) is 54.4 Å². The fourth-order valence-electron chi connectivity index (χ4n) is 2.18. The maximum Gasteiger partial charge on any atom is 0.186 e. The SMILES string of the molecule is C=N/C(=C\C=C/C)c1ccnc(CC(=O)c2ccc(C(C)C)[nH]2)n1. The van der Waals surface area contributed by atoms with Crippen molar-refractivity contribution in [3.05, 3.63) is 65.5 Å². The van der Waals surface area contributed by atoms with Crippen LogP contribution in [0.5, 0.6) is 0 Å². The summed E-state index contributed by atoms with van der Waals surface area (Å²) in [4.78, 5) is 28.1. The number of aliphatic imine (C=N–C) groups is 1. The van der Waals surface area contributed by atoms with Gasteiger partial charge in [-0.05, 0) is 43.8 Å². The molecule has 5 heteroatoms. The molecule has 124 valence electrons. The Morgan fingerprint density at radius 2 is 2.17 bits per heavy atom. The van der Waals surface area contributed by atoms with Crippen LogP contribution in [0.2, 0.25) is 0 Å². The molecule has 2 aromatic heterocycles. The number of hydrogen-bond acceptors (Lipinski definition) is 4. The first kappa shape index (κ1) is 17.5. The minimum atomic E-state index is -0.0374. The Balaban J connectivity index is 2.19. The fraction of sp³-hybridized carbons (Fsp3) is 0.263. The summed E-state index contributed by atoms with van der Waals surface area (Å²) in [6.07, 6.45) is 7.35. The van der Waals surface area contributed by atoms with Crippen molar-refractivity contribution < 1.29 is 4.79 Å². The van der Waals surface area contributed by atoms with E-state index >= 15 is 0 Å². The van der Waals surface area contributed by atoms with Gasteiger partial charge in [-0.15, -0.1) is 0 Å². The number of hydrogen-bond donors (Lipinski definition) is 1. The molecule has 0 unspecified atom stereocenters. The Morgan fingerprint density at radius 1 is 1.38 bits per heavy atom. The van der Waals surface area contributed by atoms with Gasteiger partial charge in [-0.2, -0.15) is 0 Å². The molecule has 0 aromatic carbocycles. The predicted molar refractivity (Wildman–Crippen MR) is 97.3 cm³/mol. The molecular weight excluding hydrogens is 300 g/mol. The van der Waals surface area contributed by atoms with Gasteiger partial charge in [0, 0.05) is 11.9 Å². The lowest BCUT2D eigenvalue weighted by molar-refractivity contribution is 0.0986. The minimum absolute atomic E-state index is 0.0374. The molecule has 1 N–H and O–H groups in total. The molecule has 0 saturated heterocycles. The Bertz CT molecular complexity index is 784. The average molecular weight is 322 g/mol. The fourth-order valence-corrected chi connectivity index (χ4v) is 2.18. The number of allylic oxidation sites excluding steroid dienone is 3. The van der Waals surface area contributed by atoms with Crippen LogP contribution >= 0.6 is 0 Å². The largest absolute Gasteiger partial charge is 0.356 e. The molecule has 2 aromatic rings. The van der Waals surface area contributed by atoms with Crippen LogP contribution in [0.25, 0.3) is 5.70 Å². The van der Waals surface area contributed by atoms with Crippen molar-refractivity contribution >= 4 is 18.2 Å². The summed E-state index contributed by atoms with van der Waals surface area (Å²) >= 11 is 0. The van der Waals surface area contributed by atoms with Gasteiger partial charge in [0.1, 0.15) is 5.82 Å². The zero-order valence-electron chi connectivity index (χ0n) is 14.3. The number of carbonyl (C=O) groups excluding carboxylic acids is 1. The van der Waals surface area contributed by atoms with Crippen LogP contribution in [0.3, 0.4) is 0 Å². The third kappa shape index (κ3) is 4.35. The lowest BCUT2D eigenvalue weighted by atomic mass is 10.1. The molecule has 0 aliphatic rings. The summed E-state index contributed by atoms with van der Waals surface area (Å²) in [6, 6.07) is 5.50. The van der Waals surface area contributed by atoms with Crippen LogP contribution in [0, 0.1) is 0 Å². The molecule has 0 radical (unpaired) electrons. The van der Waals surface area contributed by atoms with E-state index in [9.17, 15) is 4.79 Å². The second kappa shape index (κ2) is 8.15. The summed E-state index contributed by atoms with van der Waals surface area (Å²) in [5.41, 5.74) is 2.92. The van der Waals surface area contributed by atoms with Crippen LogP contribution in [-0.4, -0.2) is 27.5 Å². The van der Waals surface area contributed by atoms with Crippen molar-refractivity contribution in [1.29, 1.82) is 0 Å². The number of aromatic nitrogens is 3. The van der Waals surface area contributed by atoms with E-state index in [1.807, 2.05) is 37.3 Å². The molecule has 0 spiro atoms. The third-order valence-electron chi connectivity index (χ3n) is 3.53. The first-order valence-electron chi connectivity index (χ1n) is 7.89. The number of carbonyl (C=O) groups is 1. The predicted octanol–water partition coefficient (Wildman–Crippen LogP) is 3.97. The Labute approximate surface area is 142 Å². The molecule has 2 heterocycles. The third-order valence-corrected chi connectivity index (χ3v) is 3.53. The van der Waals surface area contributed by atoms with E-state index in [1.165, 1.54) is 0 Å². The maximum absolute atomic E-state index is 12.4. The van der Waals surface area contributed by atoms with Crippen molar-refractivity contribution in [2.24, 2.45) is 4.99 Å². The van der Waals surface area contributed by atoms with E-state index in [-0.39, 0.29) is 12.2 Å². The average Bonchev–Trinajstić information content (AvgIpc) is 3.06. The Morgan fingerprint density at radius 3 is 2.79 bits per heavy atom. The zero-order chi connectivity index (χ0) is 17.5. The molecule has 0 aliphatic carbocycles. The molecular formula is C19H22N4O. The standard InChI is InChI=1S/C19H22N4O/c1-5-6-7-15(20-4)16-10-11-21-19(23-16)12-18(24)17-9-8-14(22-17)13(2)3/h5-11,13,22H,4,12H2,1-3H3/b6-5-,15-7-. The summed E-state index contributed by atoms with van der Waals surface area (Å²) < 4.78 is 0. The normalized spacial score (nSPS) is 12.1. The topological polar surface area (TPSA) is 71.0 Å². The van der Waals surface area contributed by atoms with Crippen molar-refractivity contribution in [2.45, 2.75) is 33.1 Å². The highest BCUT2D eigenvalue weighted by Crippen LogP contribution is 2.16. The van der Waals surface area contributed by atoms with Crippen molar-refractivity contribution in [3.8, 4) is 0 Å². The zero-order valence-corrected chi connectivity index (χ0v) is 14.3. The summed E-state index contributed by atoms with van der Waals surface area (Å²) in [6.45, 7) is 9.64. The van der Waals surface area contributed by atoms with E-state index < -0.39 is 0 Å². The molecule has 24 heavy (non-hydrogen) atoms. The number of rotatable bonds is 7. The lowest BCUT2D eigenvalue weighted by Crippen LogP contribution is -2.08. The molecule has 0 saturated carbocycles. The van der Waals surface area contributed by atoms with Crippen molar-refractivity contribution in [1.82, 2.24) is 15.0 Å². The van der Waals surface area contributed by atoms with E-state index in [1.54, 1.807) is 12.3 Å². The molecule has 0 fully saturated rings. The summed E-state index contributed by atoms with van der Waals surface area (Å²) in [7, 11) is 0. The van der Waals surface area contributed by atoms with Crippen LogP contribution < -0.4 is 0 Å². The minimum Gasteiger partial charge on any atom is -0.356 e. The highest BCUT2D eigenvalue weighted by Gasteiger charge is 2.13. The number of Topliss-reactive ketones (excluding diaryl/α,β-unsaturated/α-hetero) is 1. The molecule has 0 aliphatic heterocycles. The summed E-state index contributed by atoms with van der Waals surface area (Å²) in [5.74, 6) is 0.780. The Hall–Kier alpha value is -2.82. The number of H-pyrrole nitrogens is 1. The van der Waals surface area contributed by atoms with Gasteiger partial charge in [-0.3, -0.25) is 9.79 Å². The molecule has 0 bridgehead atoms. The van der Waals surface area contributed by atoms with Gasteiger partial charge in [-0.25, -0.2) is 9.97 Å². The molecule has 0 atom stereocenters. The van der Waals surface area contributed by atoms with Gasteiger partial charge in [0.05, 0.1) is 23.5 Å². The highest BCUT2D eigenvalue weighted by molar-refractivity contribution is 5.95. The smallest absolute Gasteiger partial charge is 0.186 e. The second-order valence-electron chi connectivity index (χ2n) is 5.68.